The summed E-state index contributed by atoms with van der Waals surface area (Å²) in [7, 11) is -7.86. The van der Waals surface area contributed by atoms with Gasteiger partial charge in [0.15, 0.2) is 0 Å². The molecule has 212 valence electrons. The summed E-state index contributed by atoms with van der Waals surface area (Å²) in [5, 5.41) is 10.3. The van der Waals surface area contributed by atoms with Crippen molar-refractivity contribution in [3.8, 4) is 0 Å². The molecule has 0 spiro atoms. The summed E-state index contributed by atoms with van der Waals surface area (Å²) >= 11 is 0. The first kappa shape index (κ1) is 30.2. The summed E-state index contributed by atoms with van der Waals surface area (Å²) < 4.78 is 84.5. The minimum absolute atomic E-state index is 0.231. The number of hydrogen-bond acceptors (Lipinski definition) is 6. The van der Waals surface area contributed by atoms with E-state index >= 15 is 0 Å². The second kappa shape index (κ2) is 11.8. The average molecular weight is 577 g/mol. The lowest BCUT2D eigenvalue weighted by molar-refractivity contribution is -0.137. The van der Waals surface area contributed by atoms with Crippen molar-refractivity contribution < 1.29 is 30.0 Å². The van der Waals surface area contributed by atoms with E-state index in [1.807, 2.05) is 12.1 Å². The van der Waals surface area contributed by atoms with Crippen LogP contribution in [0.2, 0.25) is 0 Å². The fourth-order valence-corrected chi connectivity index (χ4v) is 6.17. The second-order valence-corrected chi connectivity index (χ2v) is 13.1. The first-order chi connectivity index (χ1) is 17.6. The van der Waals surface area contributed by atoms with E-state index in [-0.39, 0.29) is 10.6 Å². The number of nitrogens with zero attached hydrogens (tertiary/aromatic N) is 2. The fourth-order valence-electron chi connectivity index (χ4n) is 4.64. The van der Waals surface area contributed by atoms with Crippen molar-refractivity contribution in [2.24, 2.45) is 22.1 Å². The van der Waals surface area contributed by atoms with Crippen molar-refractivity contribution in [2.75, 3.05) is 36.0 Å². The Morgan fingerprint density at radius 2 is 1.13 bits per heavy atom. The van der Waals surface area contributed by atoms with Crippen LogP contribution < -0.4 is 20.1 Å². The van der Waals surface area contributed by atoms with E-state index in [0.29, 0.717) is 31.0 Å². The van der Waals surface area contributed by atoms with Gasteiger partial charge < -0.3 is 9.80 Å². The number of anilines is 2. The number of halogens is 3. The van der Waals surface area contributed by atoms with E-state index in [9.17, 15) is 30.0 Å². The first-order valence-corrected chi connectivity index (χ1v) is 15.5. The summed E-state index contributed by atoms with van der Waals surface area (Å²) in [4.78, 5) is 3.65. The summed E-state index contributed by atoms with van der Waals surface area (Å²) in [5.74, 6) is 1.24. The van der Waals surface area contributed by atoms with Gasteiger partial charge in [-0.25, -0.2) is 27.1 Å². The van der Waals surface area contributed by atoms with Crippen molar-refractivity contribution in [1.82, 2.24) is 0 Å². The van der Waals surface area contributed by atoms with E-state index in [1.165, 1.54) is 6.07 Å². The highest BCUT2D eigenvalue weighted by Crippen LogP contribution is 2.35. The monoisotopic (exact) mass is 576 g/mol. The molecule has 2 aliphatic rings. The molecule has 0 aromatic heterocycles. The molecule has 0 atom stereocenters. The Morgan fingerprint density at radius 3 is 1.55 bits per heavy atom. The third kappa shape index (κ3) is 7.84. The zero-order valence-corrected chi connectivity index (χ0v) is 23.1. The number of rotatable bonds is 4. The number of piperidine rings is 2. The van der Waals surface area contributed by atoms with Crippen molar-refractivity contribution >= 4 is 31.4 Å². The van der Waals surface area contributed by atoms with E-state index in [1.54, 1.807) is 17.0 Å². The zero-order valence-electron chi connectivity index (χ0n) is 21.5. The molecule has 2 aromatic carbocycles. The van der Waals surface area contributed by atoms with Crippen molar-refractivity contribution in [2.45, 2.75) is 55.5 Å². The number of nitrogens with two attached hydrogens (primary N) is 2. The Balaban J connectivity index is 0.000000215. The van der Waals surface area contributed by atoms with Crippen LogP contribution in [0.3, 0.4) is 0 Å². The Kier molecular flexibility index (Phi) is 9.38. The molecule has 13 heteroatoms. The lowest BCUT2D eigenvalue weighted by atomic mass is 9.98. The van der Waals surface area contributed by atoms with Crippen LogP contribution in [0.25, 0.3) is 0 Å². The van der Waals surface area contributed by atoms with Gasteiger partial charge >= 0.3 is 6.18 Å². The van der Waals surface area contributed by atoms with Gasteiger partial charge in [-0.3, -0.25) is 0 Å². The maximum absolute atomic E-state index is 12.7. The van der Waals surface area contributed by atoms with Crippen molar-refractivity contribution in [3.05, 3.63) is 48.0 Å². The normalized spacial score (nSPS) is 18.2. The molecule has 0 aliphatic carbocycles. The molecule has 38 heavy (non-hydrogen) atoms. The molecular weight excluding hydrogens is 541 g/mol. The van der Waals surface area contributed by atoms with E-state index in [0.717, 1.165) is 50.5 Å². The number of alkyl halides is 3. The quantitative estimate of drug-likeness (QED) is 0.563. The predicted molar refractivity (Wildman–Crippen MR) is 142 cm³/mol. The molecule has 0 amide bonds. The van der Waals surface area contributed by atoms with Gasteiger partial charge in [0.2, 0.25) is 20.0 Å². The molecule has 0 radical (unpaired) electrons. The molecule has 2 aliphatic heterocycles. The molecule has 4 N–H and O–H groups in total. The average Bonchev–Trinajstić information content (AvgIpc) is 2.83. The highest BCUT2D eigenvalue weighted by atomic mass is 32.2. The van der Waals surface area contributed by atoms with Gasteiger partial charge in [-0.1, -0.05) is 26.0 Å². The third-order valence-electron chi connectivity index (χ3n) is 7.01. The second-order valence-electron chi connectivity index (χ2n) is 10.1. The van der Waals surface area contributed by atoms with Crippen LogP contribution in [0.4, 0.5) is 24.5 Å². The smallest absolute Gasteiger partial charge is 0.370 e. The summed E-state index contributed by atoms with van der Waals surface area (Å²) in [6.07, 6.45) is -0.678. The number of sulfonamides is 2. The van der Waals surface area contributed by atoms with Gasteiger partial charge in [0.25, 0.3) is 0 Å². The number of benzene rings is 2. The van der Waals surface area contributed by atoms with Crippen molar-refractivity contribution in [1.29, 1.82) is 0 Å². The van der Waals surface area contributed by atoms with Crippen LogP contribution >= 0.6 is 0 Å². The zero-order chi connectivity index (χ0) is 28.3. The molecule has 0 unspecified atom stereocenters. The van der Waals surface area contributed by atoms with Crippen LogP contribution in [-0.2, 0) is 26.2 Å². The summed E-state index contributed by atoms with van der Waals surface area (Å²) in [6, 6.07) is 9.65. The maximum atomic E-state index is 12.7. The van der Waals surface area contributed by atoms with Gasteiger partial charge in [0.1, 0.15) is 9.79 Å². The molecule has 2 fully saturated rings. The molecule has 0 saturated carbocycles. The largest absolute Gasteiger partial charge is 0.416 e. The van der Waals surface area contributed by atoms with E-state index < -0.39 is 36.7 Å². The molecular formula is C25H35F3N4O4S2. The van der Waals surface area contributed by atoms with E-state index in [4.69, 9.17) is 10.3 Å². The predicted octanol–water partition coefficient (Wildman–Crippen LogP) is 4.16. The standard InChI is InChI=1S/C13H17F3N2O2S.C12H18N2O2S/c1-9-4-6-18(7-5-9)11-3-2-10(13(14,15)16)8-12(11)21(17,19)20;1-10-6-8-14(9-7-10)11-4-2-3-5-12(11)17(13,15)16/h2-3,8-9H,4-7H2,1H3,(H2,17,19,20);2-5,10H,6-9H2,1H3,(H2,13,15,16). The molecule has 2 aromatic rings. The van der Waals surface area contributed by atoms with E-state index in [2.05, 4.69) is 18.7 Å². The Labute approximate surface area is 222 Å². The topological polar surface area (TPSA) is 127 Å². The molecule has 4 rings (SSSR count). The molecule has 2 heterocycles. The fraction of sp³-hybridized carbons (Fsp3) is 0.520. The van der Waals surface area contributed by atoms with Crippen LogP contribution in [-0.4, -0.2) is 43.0 Å². The maximum Gasteiger partial charge on any atom is 0.416 e. The Bertz CT molecular complexity index is 1320. The van der Waals surface area contributed by atoms with Crippen LogP contribution in [0.1, 0.15) is 45.1 Å². The minimum Gasteiger partial charge on any atom is -0.370 e. The lowest BCUT2D eigenvalue weighted by Crippen LogP contribution is -2.34. The highest BCUT2D eigenvalue weighted by Gasteiger charge is 2.33. The Morgan fingerprint density at radius 1 is 0.711 bits per heavy atom. The summed E-state index contributed by atoms with van der Waals surface area (Å²) in [6.45, 7) is 7.32. The van der Waals surface area contributed by atoms with Gasteiger partial charge in [0, 0.05) is 26.2 Å². The van der Waals surface area contributed by atoms with Gasteiger partial charge in [-0.15, -0.1) is 0 Å². The van der Waals surface area contributed by atoms with Crippen molar-refractivity contribution in [3.63, 3.8) is 0 Å². The van der Waals surface area contributed by atoms with Gasteiger partial charge in [0.05, 0.1) is 16.9 Å². The third-order valence-corrected chi connectivity index (χ3v) is 8.91. The minimum atomic E-state index is -4.60. The number of primary sulfonamides is 2. The number of hydrogen-bond donors (Lipinski definition) is 2. The molecule has 0 bridgehead atoms. The number of para-hydroxylation sites is 1. The highest BCUT2D eigenvalue weighted by molar-refractivity contribution is 7.89. The van der Waals surface area contributed by atoms with Gasteiger partial charge in [-0.05, 0) is 67.9 Å². The van der Waals surface area contributed by atoms with Crippen LogP contribution in [0, 0.1) is 11.8 Å². The lowest BCUT2D eigenvalue weighted by Gasteiger charge is -2.33. The molecule has 2 saturated heterocycles. The van der Waals surface area contributed by atoms with Crippen LogP contribution in [0.15, 0.2) is 52.3 Å². The van der Waals surface area contributed by atoms with Gasteiger partial charge in [-0.2, -0.15) is 13.2 Å². The Hall–Kier alpha value is -2.35. The first-order valence-electron chi connectivity index (χ1n) is 12.4. The van der Waals surface area contributed by atoms with Crippen LogP contribution in [0.5, 0.6) is 0 Å². The SMILES string of the molecule is CC1CCN(c2ccc(C(F)(F)F)cc2S(N)(=O)=O)CC1.CC1CCN(c2ccccc2S(N)(=O)=O)CC1. The summed E-state index contributed by atoms with van der Waals surface area (Å²) in [5.41, 5.74) is -0.0278. The molecule has 8 nitrogen and oxygen atoms in total.